The smallest absolute Gasteiger partial charge is 0.251 e. The third-order valence-corrected chi connectivity index (χ3v) is 3.11. The Bertz CT molecular complexity index is 608. The molecule has 1 amide bonds. The Labute approximate surface area is 124 Å². The predicted octanol–water partition coefficient (Wildman–Crippen LogP) is 2.50. The standard InChI is InChI=1S/C16H20N4O/c1-11(2)5-7-19-16(21)12-6-8-18-14(9-12)13-3-4-15(17)20-10-13/h3-4,6,8-11H,5,7H2,1-2H3,(H2,17,20)(H,19,21). The van der Waals surface area contributed by atoms with Gasteiger partial charge in [0.1, 0.15) is 5.82 Å². The van der Waals surface area contributed by atoms with Gasteiger partial charge >= 0.3 is 0 Å². The number of nitrogens with two attached hydrogens (primary N) is 1. The van der Waals surface area contributed by atoms with Crippen LogP contribution in [-0.4, -0.2) is 22.4 Å². The van der Waals surface area contributed by atoms with E-state index >= 15 is 0 Å². The van der Waals surface area contributed by atoms with Gasteiger partial charge < -0.3 is 11.1 Å². The van der Waals surface area contributed by atoms with Crippen molar-refractivity contribution in [2.45, 2.75) is 20.3 Å². The first-order chi connectivity index (χ1) is 10.1. The average molecular weight is 284 g/mol. The highest BCUT2D eigenvalue weighted by atomic mass is 16.1. The van der Waals surface area contributed by atoms with Crippen LogP contribution in [-0.2, 0) is 0 Å². The van der Waals surface area contributed by atoms with E-state index in [0.717, 1.165) is 12.0 Å². The number of pyridine rings is 2. The van der Waals surface area contributed by atoms with Crippen LogP contribution in [0.15, 0.2) is 36.7 Å². The van der Waals surface area contributed by atoms with E-state index in [9.17, 15) is 4.79 Å². The third-order valence-electron chi connectivity index (χ3n) is 3.11. The summed E-state index contributed by atoms with van der Waals surface area (Å²) in [5, 5.41) is 2.92. The van der Waals surface area contributed by atoms with E-state index in [1.54, 1.807) is 30.6 Å². The Morgan fingerprint density at radius 1 is 1.29 bits per heavy atom. The third kappa shape index (κ3) is 4.27. The van der Waals surface area contributed by atoms with Crippen molar-refractivity contribution in [3.05, 3.63) is 42.2 Å². The monoisotopic (exact) mass is 284 g/mol. The van der Waals surface area contributed by atoms with Gasteiger partial charge in [0.25, 0.3) is 5.91 Å². The highest BCUT2D eigenvalue weighted by Crippen LogP contribution is 2.17. The van der Waals surface area contributed by atoms with Gasteiger partial charge in [-0.25, -0.2) is 4.98 Å². The van der Waals surface area contributed by atoms with Crippen molar-refractivity contribution in [2.75, 3.05) is 12.3 Å². The van der Waals surface area contributed by atoms with Crippen molar-refractivity contribution in [3.63, 3.8) is 0 Å². The number of nitrogens with zero attached hydrogens (tertiary/aromatic N) is 2. The van der Waals surface area contributed by atoms with E-state index < -0.39 is 0 Å². The van der Waals surface area contributed by atoms with Gasteiger partial charge in [0.05, 0.1) is 5.69 Å². The molecule has 0 aliphatic heterocycles. The number of carbonyl (C=O) groups excluding carboxylic acids is 1. The van der Waals surface area contributed by atoms with E-state index in [4.69, 9.17) is 5.73 Å². The number of amides is 1. The summed E-state index contributed by atoms with van der Waals surface area (Å²) in [7, 11) is 0. The minimum absolute atomic E-state index is 0.0808. The molecule has 0 spiro atoms. The van der Waals surface area contributed by atoms with Gasteiger partial charge in [-0.3, -0.25) is 9.78 Å². The maximum absolute atomic E-state index is 12.1. The zero-order valence-corrected chi connectivity index (χ0v) is 12.3. The SMILES string of the molecule is CC(C)CCNC(=O)c1ccnc(-c2ccc(N)nc2)c1. The van der Waals surface area contributed by atoms with Crippen LogP contribution in [0.1, 0.15) is 30.6 Å². The summed E-state index contributed by atoms with van der Waals surface area (Å²) in [5.74, 6) is 0.947. The Hall–Kier alpha value is -2.43. The van der Waals surface area contributed by atoms with Crippen molar-refractivity contribution in [2.24, 2.45) is 5.92 Å². The van der Waals surface area contributed by atoms with Crippen LogP contribution in [0.4, 0.5) is 5.82 Å². The Kier molecular flexibility index (Phi) is 4.87. The molecule has 2 rings (SSSR count). The molecule has 0 aliphatic carbocycles. The molecule has 0 aliphatic rings. The molecular weight excluding hydrogens is 264 g/mol. The Balaban J connectivity index is 2.10. The second-order valence-corrected chi connectivity index (χ2v) is 5.34. The Morgan fingerprint density at radius 3 is 2.76 bits per heavy atom. The molecule has 0 saturated carbocycles. The van der Waals surface area contributed by atoms with E-state index in [0.29, 0.717) is 29.5 Å². The highest BCUT2D eigenvalue weighted by Gasteiger charge is 2.08. The summed E-state index contributed by atoms with van der Waals surface area (Å²) in [6, 6.07) is 7.02. The second-order valence-electron chi connectivity index (χ2n) is 5.34. The normalized spacial score (nSPS) is 10.6. The molecule has 0 atom stereocenters. The molecule has 0 radical (unpaired) electrons. The molecule has 2 heterocycles. The number of nitrogen functional groups attached to an aromatic ring is 1. The number of rotatable bonds is 5. The van der Waals surface area contributed by atoms with Crippen LogP contribution in [0.2, 0.25) is 0 Å². The van der Waals surface area contributed by atoms with Crippen molar-refractivity contribution >= 4 is 11.7 Å². The summed E-state index contributed by atoms with van der Waals surface area (Å²) in [6.07, 6.45) is 4.24. The van der Waals surface area contributed by atoms with E-state index in [-0.39, 0.29) is 5.91 Å². The van der Waals surface area contributed by atoms with Crippen molar-refractivity contribution in [1.29, 1.82) is 0 Å². The maximum atomic E-state index is 12.1. The maximum Gasteiger partial charge on any atom is 0.251 e. The fourth-order valence-electron chi connectivity index (χ4n) is 1.86. The van der Waals surface area contributed by atoms with Gasteiger partial charge in [0, 0.05) is 30.1 Å². The zero-order chi connectivity index (χ0) is 15.2. The average Bonchev–Trinajstić information content (AvgIpc) is 2.47. The molecule has 2 aromatic rings. The molecular formula is C16H20N4O. The van der Waals surface area contributed by atoms with Crippen LogP contribution in [0.3, 0.4) is 0 Å². The van der Waals surface area contributed by atoms with Crippen LogP contribution in [0, 0.1) is 5.92 Å². The molecule has 0 unspecified atom stereocenters. The predicted molar refractivity (Wildman–Crippen MR) is 83.7 cm³/mol. The molecule has 5 nitrogen and oxygen atoms in total. The molecule has 0 bridgehead atoms. The van der Waals surface area contributed by atoms with Crippen LogP contribution in [0.25, 0.3) is 11.3 Å². The van der Waals surface area contributed by atoms with Gasteiger partial charge in [-0.1, -0.05) is 13.8 Å². The van der Waals surface area contributed by atoms with Gasteiger partial charge in [0.15, 0.2) is 0 Å². The van der Waals surface area contributed by atoms with Crippen molar-refractivity contribution in [3.8, 4) is 11.3 Å². The Morgan fingerprint density at radius 2 is 2.10 bits per heavy atom. The number of nitrogens with one attached hydrogen (secondary N) is 1. The lowest BCUT2D eigenvalue weighted by Crippen LogP contribution is -2.25. The second kappa shape index (κ2) is 6.83. The molecule has 110 valence electrons. The molecule has 0 fully saturated rings. The van der Waals surface area contributed by atoms with E-state index in [1.807, 2.05) is 6.07 Å². The summed E-state index contributed by atoms with van der Waals surface area (Å²) < 4.78 is 0. The lowest BCUT2D eigenvalue weighted by atomic mass is 10.1. The fourth-order valence-corrected chi connectivity index (χ4v) is 1.86. The molecule has 2 aromatic heterocycles. The van der Waals surface area contributed by atoms with Gasteiger partial charge in [0.2, 0.25) is 0 Å². The van der Waals surface area contributed by atoms with Crippen molar-refractivity contribution < 1.29 is 4.79 Å². The largest absolute Gasteiger partial charge is 0.384 e. The quantitative estimate of drug-likeness (QED) is 0.884. The van der Waals surface area contributed by atoms with E-state index in [2.05, 4.69) is 29.1 Å². The minimum Gasteiger partial charge on any atom is -0.384 e. The van der Waals surface area contributed by atoms with E-state index in [1.165, 1.54) is 0 Å². The first kappa shape index (κ1) is 15.0. The topological polar surface area (TPSA) is 80.9 Å². The molecule has 5 heteroatoms. The molecule has 0 aromatic carbocycles. The minimum atomic E-state index is -0.0808. The number of carbonyl (C=O) groups is 1. The number of aromatic nitrogens is 2. The molecule has 3 N–H and O–H groups in total. The van der Waals surface area contributed by atoms with Crippen LogP contribution < -0.4 is 11.1 Å². The molecule has 21 heavy (non-hydrogen) atoms. The van der Waals surface area contributed by atoms with Crippen LogP contribution in [0.5, 0.6) is 0 Å². The summed E-state index contributed by atoms with van der Waals surface area (Å²) in [4.78, 5) is 20.4. The van der Waals surface area contributed by atoms with Gasteiger partial charge in [-0.15, -0.1) is 0 Å². The van der Waals surface area contributed by atoms with Crippen molar-refractivity contribution in [1.82, 2.24) is 15.3 Å². The lowest BCUT2D eigenvalue weighted by molar-refractivity contribution is 0.0952. The first-order valence-electron chi connectivity index (χ1n) is 7.02. The summed E-state index contributed by atoms with van der Waals surface area (Å²) in [5.41, 5.74) is 7.71. The first-order valence-corrected chi connectivity index (χ1v) is 7.02. The number of hydrogen-bond acceptors (Lipinski definition) is 4. The number of anilines is 1. The van der Waals surface area contributed by atoms with Gasteiger partial charge in [-0.05, 0) is 36.6 Å². The zero-order valence-electron chi connectivity index (χ0n) is 12.3. The number of hydrogen-bond donors (Lipinski definition) is 2. The van der Waals surface area contributed by atoms with Gasteiger partial charge in [-0.2, -0.15) is 0 Å². The highest BCUT2D eigenvalue weighted by molar-refractivity contribution is 5.95. The summed E-state index contributed by atoms with van der Waals surface area (Å²) in [6.45, 7) is 4.94. The van der Waals surface area contributed by atoms with Crippen LogP contribution >= 0.6 is 0 Å². The molecule has 0 saturated heterocycles. The lowest BCUT2D eigenvalue weighted by Gasteiger charge is -2.08. The summed E-state index contributed by atoms with van der Waals surface area (Å²) >= 11 is 0. The fraction of sp³-hybridized carbons (Fsp3) is 0.312.